The molecular weight excluding hydrogens is 871 g/mol. The summed E-state index contributed by atoms with van der Waals surface area (Å²) in [6.45, 7) is 3.98. The van der Waals surface area contributed by atoms with Crippen molar-refractivity contribution >= 4 is 46.7 Å². The number of carboxylic acid groups (broad SMARTS) is 1. The van der Waals surface area contributed by atoms with Gasteiger partial charge in [0.1, 0.15) is 29.9 Å². The van der Waals surface area contributed by atoms with Crippen molar-refractivity contribution in [2.24, 2.45) is 11.1 Å². The molecule has 9 N–H and O–H groups in total. The molecule has 3 atom stereocenters. The zero-order valence-corrected chi connectivity index (χ0v) is 38.1. The highest BCUT2D eigenvalue weighted by atomic mass is 16.5. The fraction of sp³-hybridized carbons (Fsp3) is 0.490. The van der Waals surface area contributed by atoms with E-state index in [0.717, 1.165) is 87.2 Å². The van der Waals surface area contributed by atoms with Crippen LogP contribution in [0.1, 0.15) is 76.2 Å². The lowest BCUT2D eigenvalue weighted by Gasteiger charge is -2.43. The van der Waals surface area contributed by atoms with Crippen molar-refractivity contribution in [3.05, 3.63) is 78.5 Å². The van der Waals surface area contributed by atoms with Crippen LogP contribution in [0, 0.1) is 5.41 Å². The van der Waals surface area contributed by atoms with Gasteiger partial charge in [-0.3, -0.25) is 14.4 Å². The van der Waals surface area contributed by atoms with Crippen LogP contribution in [0.3, 0.4) is 0 Å². The van der Waals surface area contributed by atoms with Crippen LogP contribution < -0.4 is 52.0 Å². The molecule has 3 saturated heterocycles. The Hall–Kier alpha value is -6.73. The van der Waals surface area contributed by atoms with Gasteiger partial charge in [0.15, 0.2) is 5.82 Å². The van der Waals surface area contributed by atoms with Crippen molar-refractivity contribution in [3.8, 4) is 22.9 Å². The van der Waals surface area contributed by atoms with Crippen molar-refractivity contribution in [1.82, 2.24) is 31.1 Å². The van der Waals surface area contributed by atoms with Gasteiger partial charge in [0.2, 0.25) is 17.7 Å². The summed E-state index contributed by atoms with van der Waals surface area (Å²) in [5, 5.41) is 30.0. The van der Waals surface area contributed by atoms with E-state index in [9.17, 15) is 24.3 Å². The molecule has 2 unspecified atom stereocenters. The highest BCUT2D eigenvalue weighted by Crippen LogP contribution is 2.42. The third kappa shape index (κ3) is 10.5. The van der Waals surface area contributed by atoms with Crippen LogP contribution in [0.25, 0.3) is 11.3 Å². The van der Waals surface area contributed by atoms with E-state index in [-0.39, 0.29) is 56.7 Å². The van der Waals surface area contributed by atoms with E-state index in [1.54, 1.807) is 12.1 Å². The summed E-state index contributed by atoms with van der Waals surface area (Å²) in [7, 11) is 0. The van der Waals surface area contributed by atoms with Gasteiger partial charge in [-0.05, 0) is 106 Å². The van der Waals surface area contributed by atoms with Gasteiger partial charge in [-0.25, -0.2) is 9.78 Å². The minimum atomic E-state index is -1.55. The molecule has 19 heteroatoms. The molecule has 9 rings (SSSR count). The van der Waals surface area contributed by atoms with Crippen LogP contribution in [-0.2, 0) is 25.7 Å². The Kier molecular flexibility index (Phi) is 14.1. The molecule has 3 aliphatic heterocycles. The summed E-state index contributed by atoms with van der Waals surface area (Å²) >= 11 is 0. The number of anilines is 4. The van der Waals surface area contributed by atoms with E-state index in [4.69, 9.17) is 25.7 Å². The number of hydrogen-bond acceptors (Lipinski definition) is 14. The number of piperazine rings is 1. The van der Waals surface area contributed by atoms with E-state index in [2.05, 4.69) is 58.4 Å². The largest absolute Gasteiger partial charge is 0.488 e. The predicted molar refractivity (Wildman–Crippen MR) is 254 cm³/mol. The number of nitrogens with one attached hydrogen (secondary N) is 4. The smallest absolute Gasteiger partial charge is 0.319 e. The first kappa shape index (κ1) is 46.4. The molecule has 2 aromatic heterocycles. The molecule has 5 aliphatic rings. The summed E-state index contributed by atoms with van der Waals surface area (Å²) < 4.78 is 19.0. The first-order valence-corrected chi connectivity index (χ1v) is 23.9. The summed E-state index contributed by atoms with van der Waals surface area (Å²) in [6.07, 6.45) is 10.1. The van der Waals surface area contributed by atoms with Gasteiger partial charge in [0.25, 0.3) is 0 Å². The SMILES string of the molecule is NC(=O)NCCC[C@H](NC(=O)C1(C(=O)O)CCC1)C(=O)Nc1ccc(COc2ccccc2-c2cc(N3CC4CCC(C3)N4c3ccnc(OC4CC(OC5CCNCC5)C4)c3)c(N)nn2)cc1. The molecule has 4 aromatic rings. The number of nitrogens with zero attached hydrogens (tertiary/aromatic N) is 5. The Morgan fingerprint density at radius 1 is 0.912 bits per heavy atom. The van der Waals surface area contributed by atoms with Gasteiger partial charge in [0.05, 0.1) is 23.6 Å². The van der Waals surface area contributed by atoms with Crippen molar-refractivity contribution in [3.63, 3.8) is 0 Å². The van der Waals surface area contributed by atoms with Gasteiger partial charge in [0, 0.05) is 73.8 Å². The maximum Gasteiger partial charge on any atom is 0.319 e. The van der Waals surface area contributed by atoms with Crippen molar-refractivity contribution in [2.75, 3.05) is 53.6 Å². The number of pyridine rings is 1. The number of nitrogens with two attached hydrogens (primary N) is 2. The average molecular weight is 932 g/mol. The Balaban J connectivity index is 0.801. The van der Waals surface area contributed by atoms with Crippen molar-refractivity contribution < 1.29 is 38.5 Å². The zero-order chi connectivity index (χ0) is 47.2. The lowest BCUT2D eigenvalue weighted by molar-refractivity contribution is -0.162. The third-order valence-corrected chi connectivity index (χ3v) is 14.1. The first-order chi connectivity index (χ1) is 33.0. The quantitative estimate of drug-likeness (QED) is 0.0509. The van der Waals surface area contributed by atoms with Gasteiger partial charge >= 0.3 is 12.0 Å². The van der Waals surface area contributed by atoms with Crippen LogP contribution in [0.15, 0.2) is 72.9 Å². The van der Waals surface area contributed by atoms with Crippen LogP contribution in [0.4, 0.5) is 27.7 Å². The summed E-state index contributed by atoms with van der Waals surface area (Å²) in [5.74, 6) is -0.792. The number of hydrogen-bond donors (Lipinski definition) is 7. The number of benzene rings is 2. The molecule has 68 heavy (non-hydrogen) atoms. The predicted octanol–water partition coefficient (Wildman–Crippen LogP) is 4.36. The molecule has 2 bridgehead atoms. The highest BCUT2D eigenvalue weighted by molar-refractivity contribution is 6.05. The second-order valence-corrected chi connectivity index (χ2v) is 18.6. The van der Waals surface area contributed by atoms with Crippen LogP contribution in [0.5, 0.6) is 11.6 Å². The monoisotopic (exact) mass is 931 g/mol. The molecule has 19 nitrogen and oxygen atoms in total. The van der Waals surface area contributed by atoms with E-state index in [1.807, 2.05) is 48.7 Å². The summed E-state index contributed by atoms with van der Waals surface area (Å²) in [4.78, 5) is 59.1. The molecule has 2 saturated carbocycles. The molecule has 5 fully saturated rings. The third-order valence-electron chi connectivity index (χ3n) is 14.1. The molecule has 2 aromatic carbocycles. The number of rotatable bonds is 19. The number of urea groups is 1. The van der Waals surface area contributed by atoms with Gasteiger partial charge in [-0.15, -0.1) is 10.2 Å². The van der Waals surface area contributed by atoms with Crippen molar-refractivity contribution in [2.45, 2.75) is 114 Å². The minimum absolute atomic E-state index is 0.119. The maximum absolute atomic E-state index is 13.5. The number of carboxylic acids is 1. The van der Waals surface area contributed by atoms with Gasteiger partial charge < -0.3 is 61.9 Å². The number of primary amides is 1. The molecule has 4 amide bonds. The molecule has 5 heterocycles. The Bertz CT molecular complexity index is 2430. The fourth-order valence-corrected chi connectivity index (χ4v) is 10.1. The molecule has 360 valence electrons. The number of para-hydroxylation sites is 1. The maximum atomic E-state index is 13.5. The molecular formula is C49H61N11O8. The second-order valence-electron chi connectivity index (χ2n) is 18.6. The van der Waals surface area contributed by atoms with Crippen LogP contribution >= 0.6 is 0 Å². The van der Waals surface area contributed by atoms with Crippen molar-refractivity contribution in [1.29, 1.82) is 0 Å². The fourth-order valence-electron chi connectivity index (χ4n) is 10.1. The van der Waals surface area contributed by atoms with Crippen LogP contribution in [0.2, 0.25) is 0 Å². The number of carbonyl (C=O) groups excluding carboxylic acids is 3. The zero-order valence-electron chi connectivity index (χ0n) is 38.1. The first-order valence-electron chi connectivity index (χ1n) is 23.9. The molecule has 2 aliphatic carbocycles. The number of fused-ring (bicyclic) bond motifs is 2. The summed E-state index contributed by atoms with van der Waals surface area (Å²) in [5.41, 5.74) is 14.8. The molecule has 0 radical (unpaired) electrons. The number of nitrogen functional groups attached to an aromatic ring is 1. The van der Waals surface area contributed by atoms with E-state index in [0.29, 0.717) is 47.8 Å². The van der Waals surface area contributed by atoms with E-state index in [1.165, 1.54) is 0 Å². The number of piperidine rings is 1. The van der Waals surface area contributed by atoms with Gasteiger partial charge in [-0.2, -0.15) is 0 Å². The lowest BCUT2D eigenvalue weighted by Crippen LogP contribution is -2.55. The number of carbonyl (C=O) groups is 4. The number of amides is 4. The lowest BCUT2D eigenvalue weighted by atomic mass is 9.68. The Labute approximate surface area is 395 Å². The Morgan fingerprint density at radius 2 is 1.66 bits per heavy atom. The average Bonchev–Trinajstić information content (AvgIpc) is 3.57. The minimum Gasteiger partial charge on any atom is -0.488 e. The number of ether oxygens (including phenoxy) is 3. The van der Waals surface area contributed by atoms with Gasteiger partial charge in [-0.1, -0.05) is 30.7 Å². The molecule has 0 spiro atoms. The highest BCUT2D eigenvalue weighted by Gasteiger charge is 2.52. The summed E-state index contributed by atoms with van der Waals surface area (Å²) in [6, 6.07) is 19.7. The van der Waals surface area contributed by atoms with E-state index < -0.39 is 35.3 Å². The van der Waals surface area contributed by atoms with E-state index >= 15 is 0 Å². The normalized spacial score (nSPS) is 22.2. The second kappa shape index (κ2) is 20.6. The Morgan fingerprint density at radius 3 is 2.37 bits per heavy atom. The topological polar surface area (TPSA) is 262 Å². The number of aromatic nitrogens is 3. The number of aliphatic carboxylic acids is 1. The van der Waals surface area contributed by atoms with Crippen LogP contribution in [-0.4, -0.2) is 113 Å². The standard InChI is InChI=1S/C49H61N11O8/c50-44-41(59-27-33-12-13-34(28-59)60(33)32-14-22-53-43(23-32)68-37-24-36(25-37)67-35-15-20-52-21-16-35)26-40(57-58-44)38-5-1-2-7-42(38)66-29-30-8-10-31(11-9-30)55-45(61)39(6-3-19-54-48(51)65)56-46(62)49(47(63)64)17-4-18-49/h1-2,5,7-11,14,22-23,26,33-37,39,52H,3-4,6,12-13,15-21,24-25,27-29H2,(H2,50,58)(H,55,61)(H,56,62)(H,63,64)(H3,51,54,65)/t33?,34?,36?,37?,39-/m0/s1.